The van der Waals surface area contributed by atoms with Crippen LogP contribution in [0.2, 0.25) is 0 Å². The molecule has 4 nitrogen and oxygen atoms in total. The van der Waals surface area contributed by atoms with E-state index in [0.717, 1.165) is 5.75 Å². The minimum Gasteiger partial charge on any atom is -0.492 e. The SMILES string of the molecule is C=CCNC(=O)NCCOc1ccc(C)c(C)c1. The van der Waals surface area contributed by atoms with Gasteiger partial charge in [0.2, 0.25) is 0 Å². The summed E-state index contributed by atoms with van der Waals surface area (Å²) in [5.74, 6) is 0.825. The van der Waals surface area contributed by atoms with Gasteiger partial charge in [-0.15, -0.1) is 6.58 Å². The van der Waals surface area contributed by atoms with Crippen LogP contribution in [-0.2, 0) is 0 Å². The summed E-state index contributed by atoms with van der Waals surface area (Å²) >= 11 is 0. The molecule has 0 fully saturated rings. The fraction of sp³-hybridized carbons (Fsp3) is 0.357. The molecule has 0 heterocycles. The summed E-state index contributed by atoms with van der Waals surface area (Å²) in [6, 6.07) is 5.74. The van der Waals surface area contributed by atoms with Gasteiger partial charge in [0.1, 0.15) is 12.4 Å². The lowest BCUT2D eigenvalue weighted by atomic mass is 10.1. The lowest BCUT2D eigenvalue weighted by Crippen LogP contribution is -2.37. The molecule has 0 unspecified atom stereocenters. The smallest absolute Gasteiger partial charge is 0.315 e. The van der Waals surface area contributed by atoms with Gasteiger partial charge in [0.25, 0.3) is 0 Å². The van der Waals surface area contributed by atoms with E-state index in [4.69, 9.17) is 4.74 Å². The van der Waals surface area contributed by atoms with E-state index in [1.54, 1.807) is 6.08 Å². The molecule has 0 saturated heterocycles. The van der Waals surface area contributed by atoms with Crippen molar-refractivity contribution in [1.82, 2.24) is 10.6 Å². The minimum atomic E-state index is -0.210. The Bertz CT molecular complexity index is 416. The number of nitrogens with one attached hydrogen (secondary N) is 2. The highest BCUT2D eigenvalue weighted by atomic mass is 16.5. The molecule has 0 radical (unpaired) electrons. The summed E-state index contributed by atoms with van der Waals surface area (Å²) in [5, 5.41) is 5.31. The summed E-state index contributed by atoms with van der Waals surface area (Å²) in [4.78, 5) is 11.2. The number of carbonyl (C=O) groups excluding carboxylic acids is 1. The van der Waals surface area contributed by atoms with Crippen LogP contribution >= 0.6 is 0 Å². The van der Waals surface area contributed by atoms with Gasteiger partial charge in [0.15, 0.2) is 0 Å². The van der Waals surface area contributed by atoms with Crippen molar-refractivity contribution in [3.05, 3.63) is 42.0 Å². The maximum Gasteiger partial charge on any atom is 0.315 e. The van der Waals surface area contributed by atoms with E-state index in [0.29, 0.717) is 19.7 Å². The fourth-order valence-electron chi connectivity index (χ4n) is 1.36. The number of rotatable bonds is 6. The van der Waals surface area contributed by atoms with Crippen LogP contribution in [0.1, 0.15) is 11.1 Å². The lowest BCUT2D eigenvalue weighted by Gasteiger charge is -2.09. The maximum atomic E-state index is 11.2. The molecule has 0 bridgehead atoms. The average molecular weight is 248 g/mol. The van der Waals surface area contributed by atoms with Crippen molar-refractivity contribution < 1.29 is 9.53 Å². The standard InChI is InChI=1S/C14H20N2O2/c1-4-7-15-14(17)16-8-9-18-13-6-5-11(2)12(3)10-13/h4-6,10H,1,7-9H2,2-3H3,(H2,15,16,17). The van der Waals surface area contributed by atoms with Gasteiger partial charge in [-0.2, -0.15) is 0 Å². The summed E-state index contributed by atoms with van der Waals surface area (Å²) in [6.07, 6.45) is 1.63. The molecule has 0 saturated carbocycles. The number of urea groups is 1. The average Bonchev–Trinajstić information content (AvgIpc) is 2.36. The van der Waals surface area contributed by atoms with Crippen molar-refractivity contribution in [2.45, 2.75) is 13.8 Å². The van der Waals surface area contributed by atoms with Crippen LogP contribution < -0.4 is 15.4 Å². The topological polar surface area (TPSA) is 50.4 Å². The van der Waals surface area contributed by atoms with Gasteiger partial charge in [0.05, 0.1) is 6.54 Å². The van der Waals surface area contributed by atoms with Gasteiger partial charge < -0.3 is 15.4 Å². The molecular formula is C14H20N2O2. The predicted octanol–water partition coefficient (Wildman–Crippen LogP) is 2.17. The first-order chi connectivity index (χ1) is 8.63. The van der Waals surface area contributed by atoms with E-state index >= 15 is 0 Å². The molecule has 0 spiro atoms. The van der Waals surface area contributed by atoms with Gasteiger partial charge in [-0.3, -0.25) is 0 Å². The number of benzene rings is 1. The Morgan fingerprint density at radius 1 is 1.33 bits per heavy atom. The first-order valence-corrected chi connectivity index (χ1v) is 5.96. The van der Waals surface area contributed by atoms with Crippen molar-refractivity contribution >= 4 is 6.03 Å². The molecule has 1 aromatic carbocycles. The van der Waals surface area contributed by atoms with E-state index in [1.165, 1.54) is 11.1 Å². The van der Waals surface area contributed by atoms with Gasteiger partial charge in [-0.05, 0) is 37.1 Å². The molecule has 2 amide bonds. The van der Waals surface area contributed by atoms with Crippen molar-refractivity contribution in [2.24, 2.45) is 0 Å². The largest absolute Gasteiger partial charge is 0.492 e. The highest BCUT2D eigenvalue weighted by Gasteiger charge is 1.99. The Labute approximate surface area is 108 Å². The van der Waals surface area contributed by atoms with Crippen LogP contribution in [0.3, 0.4) is 0 Å². The molecular weight excluding hydrogens is 228 g/mol. The summed E-state index contributed by atoms with van der Waals surface area (Å²) in [5.41, 5.74) is 2.44. The Morgan fingerprint density at radius 3 is 2.78 bits per heavy atom. The molecule has 18 heavy (non-hydrogen) atoms. The second-order valence-electron chi connectivity index (χ2n) is 4.02. The molecule has 4 heteroatoms. The van der Waals surface area contributed by atoms with E-state index in [9.17, 15) is 4.79 Å². The lowest BCUT2D eigenvalue weighted by molar-refractivity contribution is 0.237. The van der Waals surface area contributed by atoms with Crippen LogP contribution in [-0.4, -0.2) is 25.7 Å². The van der Waals surface area contributed by atoms with Crippen molar-refractivity contribution in [1.29, 1.82) is 0 Å². The maximum absolute atomic E-state index is 11.2. The summed E-state index contributed by atoms with van der Waals surface area (Å²) < 4.78 is 5.53. The Morgan fingerprint density at radius 2 is 2.11 bits per heavy atom. The van der Waals surface area contributed by atoms with Crippen LogP contribution in [0.15, 0.2) is 30.9 Å². The quantitative estimate of drug-likeness (QED) is 0.599. The number of hydrogen-bond donors (Lipinski definition) is 2. The zero-order valence-electron chi connectivity index (χ0n) is 11.0. The van der Waals surface area contributed by atoms with E-state index in [1.807, 2.05) is 25.1 Å². The van der Waals surface area contributed by atoms with E-state index in [-0.39, 0.29) is 6.03 Å². The van der Waals surface area contributed by atoms with Gasteiger partial charge in [-0.1, -0.05) is 12.1 Å². The number of amides is 2. The van der Waals surface area contributed by atoms with Gasteiger partial charge in [-0.25, -0.2) is 4.79 Å². The molecule has 0 aliphatic carbocycles. The molecule has 1 aromatic rings. The second-order valence-corrected chi connectivity index (χ2v) is 4.02. The predicted molar refractivity (Wildman–Crippen MR) is 73.0 cm³/mol. The van der Waals surface area contributed by atoms with Crippen LogP contribution in [0.25, 0.3) is 0 Å². The van der Waals surface area contributed by atoms with Crippen molar-refractivity contribution in [3.8, 4) is 5.75 Å². The normalized spacial score (nSPS) is 9.67. The third-order valence-electron chi connectivity index (χ3n) is 2.54. The van der Waals surface area contributed by atoms with Crippen LogP contribution in [0.5, 0.6) is 5.75 Å². The fourth-order valence-corrected chi connectivity index (χ4v) is 1.36. The summed E-state index contributed by atoms with van der Waals surface area (Å²) in [7, 11) is 0. The molecule has 0 aliphatic heterocycles. The first kappa shape index (κ1) is 14.1. The van der Waals surface area contributed by atoms with Crippen LogP contribution in [0, 0.1) is 13.8 Å². The van der Waals surface area contributed by atoms with Gasteiger partial charge >= 0.3 is 6.03 Å². The number of aryl methyl sites for hydroxylation is 2. The number of hydrogen-bond acceptors (Lipinski definition) is 2. The molecule has 98 valence electrons. The second kappa shape index (κ2) is 7.37. The van der Waals surface area contributed by atoms with Gasteiger partial charge in [0, 0.05) is 6.54 Å². The van der Waals surface area contributed by atoms with Crippen molar-refractivity contribution in [3.63, 3.8) is 0 Å². The third kappa shape index (κ3) is 4.91. The Kier molecular flexibility index (Phi) is 5.77. The third-order valence-corrected chi connectivity index (χ3v) is 2.54. The highest BCUT2D eigenvalue weighted by Crippen LogP contribution is 2.15. The molecule has 1 rings (SSSR count). The molecule has 0 aliphatic rings. The number of carbonyl (C=O) groups is 1. The molecule has 0 atom stereocenters. The monoisotopic (exact) mass is 248 g/mol. The Balaban J connectivity index is 2.23. The zero-order valence-corrected chi connectivity index (χ0v) is 11.0. The van der Waals surface area contributed by atoms with Crippen LogP contribution in [0.4, 0.5) is 4.79 Å². The molecule has 2 N–H and O–H groups in total. The Hall–Kier alpha value is -1.97. The summed E-state index contributed by atoms with van der Waals surface area (Å²) in [6.45, 7) is 9.00. The zero-order chi connectivity index (χ0) is 13.4. The highest BCUT2D eigenvalue weighted by molar-refractivity contribution is 5.73. The van der Waals surface area contributed by atoms with E-state index < -0.39 is 0 Å². The van der Waals surface area contributed by atoms with Crippen molar-refractivity contribution in [2.75, 3.05) is 19.7 Å². The number of ether oxygens (including phenoxy) is 1. The minimum absolute atomic E-state index is 0.210. The molecule has 0 aromatic heterocycles. The first-order valence-electron chi connectivity index (χ1n) is 5.96. The van der Waals surface area contributed by atoms with E-state index in [2.05, 4.69) is 24.1 Å².